The van der Waals surface area contributed by atoms with E-state index >= 15 is 0 Å². The second-order valence-corrected chi connectivity index (χ2v) is 7.67. The molecule has 6 heteroatoms. The molecule has 0 bridgehead atoms. The van der Waals surface area contributed by atoms with Crippen molar-refractivity contribution in [2.75, 3.05) is 7.11 Å². The molecule has 1 aliphatic rings. The summed E-state index contributed by atoms with van der Waals surface area (Å²) in [5.74, 6) is 0.694. The van der Waals surface area contributed by atoms with Gasteiger partial charge < -0.3 is 10.1 Å². The van der Waals surface area contributed by atoms with Crippen LogP contribution in [-0.4, -0.2) is 22.8 Å². The van der Waals surface area contributed by atoms with Gasteiger partial charge in [0.2, 0.25) is 5.91 Å². The van der Waals surface area contributed by atoms with Gasteiger partial charge in [-0.05, 0) is 36.6 Å². The summed E-state index contributed by atoms with van der Waals surface area (Å²) >= 11 is 0. The maximum absolute atomic E-state index is 13.1. The molecule has 1 heterocycles. The van der Waals surface area contributed by atoms with Crippen LogP contribution in [0.15, 0.2) is 53.3 Å². The number of carbonyl (C=O) groups is 1. The number of amides is 1. The molecule has 1 saturated carbocycles. The van der Waals surface area contributed by atoms with Gasteiger partial charge >= 0.3 is 0 Å². The van der Waals surface area contributed by atoms with Crippen LogP contribution in [-0.2, 0) is 23.8 Å². The fraction of sp³-hybridized carbons (Fsp3) is 0.348. The SMILES string of the molecule is COc1cccc(C2(NC(=O)Cc3nn(C)c(=O)c4ccccc34)CCCC2)c1. The van der Waals surface area contributed by atoms with Crippen molar-refractivity contribution in [3.8, 4) is 5.75 Å². The standard InChI is InChI=1S/C23H25N3O3/c1-26-22(28)19-11-4-3-10-18(19)20(25-26)15-21(27)24-23(12-5-6-13-23)16-8-7-9-17(14-16)29-2/h3-4,7-11,14H,5-6,12-13,15H2,1-2H3,(H,24,27). The lowest BCUT2D eigenvalue weighted by Gasteiger charge is -2.31. The molecular weight excluding hydrogens is 366 g/mol. The van der Waals surface area contributed by atoms with Gasteiger partial charge in [0.05, 0.1) is 30.1 Å². The minimum absolute atomic E-state index is 0.0916. The van der Waals surface area contributed by atoms with Crippen molar-refractivity contribution in [1.29, 1.82) is 0 Å². The molecule has 1 N–H and O–H groups in total. The van der Waals surface area contributed by atoms with E-state index in [1.807, 2.05) is 42.5 Å². The Morgan fingerprint density at radius 3 is 2.59 bits per heavy atom. The summed E-state index contributed by atoms with van der Waals surface area (Å²) < 4.78 is 6.68. The fourth-order valence-electron chi connectivity index (χ4n) is 4.35. The monoisotopic (exact) mass is 391 g/mol. The minimum atomic E-state index is -0.387. The zero-order valence-electron chi connectivity index (χ0n) is 16.8. The molecule has 4 rings (SSSR count). The third-order valence-electron chi connectivity index (χ3n) is 5.82. The Hall–Kier alpha value is -3.15. The van der Waals surface area contributed by atoms with Gasteiger partial charge in [-0.3, -0.25) is 9.59 Å². The van der Waals surface area contributed by atoms with Gasteiger partial charge in [0.15, 0.2) is 0 Å². The van der Waals surface area contributed by atoms with Crippen LogP contribution in [0.1, 0.15) is 36.9 Å². The molecule has 2 aromatic carbocycles. The van der Waals surface area contributed by atoms with Crippen LogP contribution < -0.4 is 15.6 Å². The van der Waals surface area contributed by atoms with E-state index in [2.05, 4.69) is 10.4 Å². The van der Waals surface area contributed by atoms with Gasteiger partial charge in [-0.15, -0.1) is 0 Å². The number of hydrogen-bond donors (Lipinski definition) is 1. The second kappa shape index (κ2) is 7.70. The second-order valence-electron chi connectivity index (χ2n) is 7.67. The van der Waals surface area contributed by atoms with Crippen LogP contribution in [0, 0.1) is 0 Å². The summed E-state index contributed by atoms with van der Waals surface area (Å²) in [6.45, 7) is 0. The van der Waals surface area contributed by atoms with E-state index in [0.717, 1.165) is 42.4 Å². The molecule has 0 atom stereocenters. The number of aryl methyl sites for hydroxylation is 1. The summed E-state index contributed by atoms with van der Waals surface area (Å²) in [4.78, 5) is 25.4. The van der Waals surface area contributed by atoms with E-state index < -0.39 is 0 Å². The Kier molecular flexibility index (Phi) is 5.09. The lowest BCUT2D eigenvalue weighted by molar-refractivity contribution is -0.122. The maximum atomic E-state index is 13.1. The van der Waals surface area contributed by atoms with E-state index in [4.69, 9.17) is 4.74 Å². The van der Waals surface area contributed by atoms with E-state index in [0.29, 0.717) is 11.1 Å². The predicted molar refractivity (Wildman–Crippen MR) is 112 cm³/mol. The Morgan fingerprint density at radius 2 is 1.86 bits per heavy atom. The van der Waals surface area contributed by atoms with Crippen molar-refractivity contribution in [2.24, 2.45) is 7.05 Å². The van der Waals surface area contributed by atoms with E-state index in [1.165, 1.54) is 4.68 Å². The highest BCUT2D eigenvalue weighted by Crippen LogP contribution is 2.39. The first kappa shape index (κ1) is 19.2. The summed E-state index contributed by atoms with van der Waals surface area (Å²) in [6, 6.07) is 15.2. The van der Waals surface area contributed by atoms with Crippen LogP contribution in [0.25, 0.3) is 10.8 Å². The number of nitrogens with zero attached hydrogens (tertiary/aromatic N) is 2. The van der Waals surface area contributed by atoms with Crippen molar-refractivity contribution >= 4 is 16.7 Å². The van der Waals surface area contributed by atoms with Crippen molar-refractivity contribution in [2.45, 2.75) is 37.6 Å². The van der Waals surface area contributed by atoms with E-state index in [1.54, 1.807) is 20.2 Å². The van der Waals surface area contributed by atoms with Gasteiger partial charge in [-0.25, -0.2) is 4.68 Å². The third kappa shape index (κ3) is 3.62. The molecule has 1 amide bonds. The molecule has 1 fully saturated rings. The minimum Gasteiger partial charge on any atom is -0.497 e. The Balaban J connectivity index is 1.64. The molecule has 0 saturated heterocycles. The van der Waals surface area contributed by atoms with Crippen molar-refractivity contribution in [1.82, 2.24) is 15.1 Å². The molecular formula is C23H25N3O3. The largest absolute Gasteiger partial charge is 0.497 e. The summed E-state index contributed by atoms with van der Waals surface area (Å²) in [5.41, 5.74) is 1.13. The quantitative estimate of drug-likeness (QED) is 0.725. The highest BCUT2D eigenvalue weighted by Gasteiger charge is 2.37. The van der Waals surface area contributed by atoms with Crippen molar-refractivity contribution < 1.29 is 9.53 Å². The number of carbonyl (C=O) groups excluding carboxylic acids is 1. The molecule has 0 spiro atoms. The number of rotatable bonds is 5. The number of benzene rings is 2. The maximum Gasteiger partial charge on any atom is 0.274 e. The van der Waals surface area contributed by atoms with Gasteiger partial charge in [0, 0.05) is 12.4 Å². The average molecular weight is 391 g/mol. The van der Waals surface area contributed by atoms with Crippen LogP contribution >= 0.6 is 0 Å². The topological polar surface area (TPSA) is 73.2 Å². The molecule has 1 aliphatic carbocycles. The lowest BCUT2D eigenvalue weighted by Crippen LogP contribution is -2.44. The molecule has 3 aromatic rings. The Bertz CT molecular complexity index is 1110. The zero-order chi connectivity index (χ0) is 20.4. The van der Waals surface area contributed by atoms with Gasteiger partial charge in [0.1, 0.15) is 5.75 Å². The molecule has 1 aromatic heterocycles. The highest BCUT2D eigenvalue weighted by atomic mass is 16.5. The number of fused-ring (bicyclic) bond motifs is 1. The number of hydrogen-bond acceptors (Lipinski definition) is 4. The predicted octanol–water partition coefficient (Wildman–Crippen LogP) is 3.07. The van der Waals surface area contributed by atoms with Crippen LogP contribution in [0.4, 0.5) is 0 Å². The lowest BCUT2D eigenvalue weighted by atomic mass is 9.87. The number of ether oxygens (including phenoxy) is 1. The summed E-state index contributed by atoms with van der Waals surface area (Å²) in [5, 5.41) is 8.96. The molecule has 150 valence electrons. The Morgan fingerprint density at radius 1 is 1.14 bits per heavy atom. The average Bonchev–Trinajstić information content (AvgIpc) is 3.21. The number of methoxy groups -OCH3 is 1. The first-order valence-electron chi connectivity index (χ1n) is 9.93. The van der Waals surface area contributed by atoms with Gasteiger partial charge in [0.25, 0.3) is 5.56 Å². The third-order valence-corrected chi connectivity index (χ3v) is 5.82. The van der Waals surface area contributed by atoms with Crippen molar-refractivity contribution in [3.05, 3.63) is 70.1 Å². The number of aromatic nitrogens is 2. The van der Waals surface area contributed by atoms with Crippen LogP contribution in [0.5, 0.6) is 5.75 Å². The Labute approximate surface area is 169 Å². The molecule has 0 aliphatic heterocycles. The molecule has 0 radical (unpaired) electrons. The fourth-order valence-corrected chi connectivity index (χ4v) is 4.35. The summed E-state index contributed by atoms with van der Waals surface area (Å²) in [7, 11) is 3.26. The smallest absolute Gasteiger partial charge is 0.274 e. The first-order valence-corrected chi connectivity index (χ1v) is 9.93. The van der Waals surface area contributed by atoms with E-state index in [9.17, 15) is 9.59 Å². The highest BCUT2D eigenvalue weighted by molar-refractivity contribution is 5.88. The molecule has 0 unspecified atom stereocenters. The number of nitrogens with one attached hydrogen (secondary N) is 1. The normalized spacial score (nSPS) is 15.4. The molecule has 29 heavy (non-hydrogen) atoms. The van der Waals surface area contributed by atoms with Gasteiger partial charge in [-0.2, -0.15) is 5.10 Å². The summed E-state index contributed by atoms with van der Waals surface area (Å²) in [6.07, 6.45) is 4.05. The van der Waals surface area contributed by atoms with Crippen LogP contribution in [0.2, 0.25) is 0 Å². The van der Waals surface area contributed by atoms with Crippen molar-refractivity contribution in [3.63, 3.8) is 0 Å². The first-order chi connectivity index (χ1) is 14.0. The van der Waals surface area contributed by atoms with Crippen LogP contribution in [0.3, 0.4) is 0 Å². The zero-order valence-corrected chi connectivity index (χ0v) is 16.8. The van der Waals surface area contributed by atoms with E-state index in [-0.39, 0.29) is 23.4 Å². The van der Waals surface area contributed by atoms with Gasteiger partial charge in [-0.1, -0.05) is 43.2 Å². The molecule has 6 nitrogen and oxygen atoms in total.